The molecule has 0 bridgehead atoms. The molecule has 3 rings (SSSR count). The lowest BCUT2D eigenvalue weighted by Gasteiger charge is -2.27. The number of furan rings is 1. The van der Waals surface area contributed by atoms with Gasteiger partial charge in [-0.1, -0.05) is 11.6 Å². The Morgan fingerprint density at radius 3 is 2.73 bits per heavy atom. The monoisotopic (exact) mass is 476 g/mol. The lowest BCUT2D eigenvalue weighted by molar-refractivity contribution is -0.144. The second-order valence-corrected chi connectivity index (χ2v) is 7.62. The number of urea groups is 1. The second-order valence-electron chi connectivity index (χ2n) is 7.18. The molecule has 2 N–H and O–H groups in total. The standard InChI is InChI=1S/C23H25ClN2O7/c1-3-30-22(28)20-16(25-23(29)26-21(20)18-6-4-10-32-18)13-33-19(27)7-5-11-31-17-9-8-15(24)12-14(17)2/h4,6,8-10,12,21H,3,5,7,11,13H2,1-2H3,(H2,25,26,29). The van der Waals surface area contributed by atoms with Gasteiger partial charge < -0.3 is 29.3 Å². The maximum atomic E-state index is 12.6. The van der Waals surface area contributed by atoms with Crippen molar-refractivity contribution in [1.29, 1.82) is 0 Å². The third-order valence-electron chi connectivity index (χ3n) is 4.77. The maximum Gasteiger partial charge on any atom is 0.338 e. The fraction of sp³-hybridized carbons (Fsp3) is 0.348. The molecule has 1 atom stereocenters. The predicted octanol–water partition coefficient (Wildman–Crippen LogP) is 3.81. The Bertz CT molecular complexity index is 1030. The van der Waals surface area contributed by atoms with Crippen molar-refractivity contribution in [2.75, 3.05) is 19.8 Å². The van der Waals surface area contributed by atoms with E-state index >= 15 is 0 Å². The highest BCUT2D eigenvalue weighted by molar-refractivity contribution is 6.30. The molecule has 9 nitrogen and oxygen atoms in total. The van der Waals surface area contributed by atoms with Crippen LogP contribution in [0.5, 0.6) is 5.75 Å². The first-order valence-electron chi connectivity index (χ1n) is 10.4. The number of hydrogen-bond acceptors (Lipinski definition) is 7. The van der Waals surface area contributed by atoms with E-state index in [-0.39, 0.29) is 30.9 Å². The number of aryl methyl sites for hydroxylation is 1. The molecule has 0 saturated carbocycles. The second kappa shape index (κ2) is 11.4. The van der Waals surface area contributed by atoms with Crippen LogP contribution in [0, 0.1) is 6.92 Å². The number of amides is 2. The van der Waals surface area contributed by atoms with Crippen LogP contribution in [0.1, 0.15) is 37.1 Å². The smallest absolute Gasteiger partial charge is 0.338 e. The Morgan fingerprint density at radius 2 is 2.03 bits per heavy atom. The van der Waals surface area contributed by atoms with E-state index in [1.807, 2.05) is 6.92 Å². The highest BCUT2D eigenvalue weighted by Gasteiger charge is 2.35. The molecule has 1 aliphatic heterocycles. The SMILES string of the molecule is CCOC(=O)C1=C(COC(=O)CCCOc2ccc(Cl)cc2C)NC(=O)NC1c1ccco1. The van der Waals surface area contributed by atoms with E-state index in [2.05, 4.69) is 10.6 Å². The lowest BCUT2D eigenvalue weighted by Crippen LogP contribution is -2.47. The van der Waals surface area contributed by atoms with Gasteiger partial charge in [0, 0.05) is 11.4 Å². The molecule has 0 fully saturated rings. The molecule has 10 heteroatoms. The van der Waals surface area contributed by atoms with Crippen LogP contribution in [-0.4, -0.2) is 37.8 Å². The maximum absolute atomic E-state index is 12.6. The first kappa shape index (κ1) is 24.2. The molecule has 1 aromatic heterocycles. The molecule has 1 aromatic carbocycles. The van der Waals surface area contributed by atoms with Gasteiger partial charge in [-0.05, 0) is 56.2 Å². The fourth-order valence-electron chi connectivity index (χ4n) is 3.25. The Hall–Kier alpha value is -3.46. The van der Waals surface area contributed by atoms with E-state index in [4.69, 9.17) is 30.2 Å². The molecule has 2 amide bonds. The predicted molar refractivity (Wildman–Crippen MR) is 119 cm³/mol. The van der Waals surface area contributed by atoms with Gasteiger partial charge in [0.25, 0.3) is 0 Å². The molecule has 2 heterocycles. The summed E-state index contributed by atoms with van der Waals surface area (Å²) in [5, 5.41) is 5.77. The first-order chi connectivity index (χ1) is 15.9. The van der Waals surface area contributed by atoms with Gasteiger partial charge in [0.2, 0.25) is 0 Å². The number of nitrogens with one attached hydrogen (secondary N) is 2. The molecule has 1 unspecified atom stereocenters. The van der Waals surface area contributed by atoms with Crippen molar-refractivity contribution >= 4 is 29.6 Å². The van der Waals surface area contributed by atoms with Crippen molar-refractivity contribution in [2.24, 2.45) is 0 Å². The zero-order chi connectivity index (χ0) is 23.8. The number of carbonyl (C=O) groups excluding carboxylic acids is 3. The van der Waals surface area contributed by atoms with Crippen LogP contribution in [0.15, 0.2) is 52.3 Å². The van der Waals surface area contributed by atoms with Gasteiger partial charge in [-0.2, -0.15) is 0 Å². The van der Waals surface area contributed by atoms with Gasteiger partial charge in [-0.3, -0.25) is 4.79 Å². The van der Waals surface area contributed by atoms with Crippen molar-refractivity contribution in [1.82, 2.24) is 10.6 Å². The summed E-state index contributed by atoms with van der Waals surface area (Å²) in [7, 11) is 0. The number of ether oxygens (including phenoxy) is 3. The molecule has 0 spiro atoms. The summed E-state index contributed by atoms with van der Waals surface area (Å²) < 4.78 is 21.4. The van der Waals surface area contributed by atoms with Gasteiger partial charge in [-0.15, -0.1) is 0 Å². The van der Waals surface area contributed by atoms with E-state index in [9.17, 15) is 14.4 Å². The van der Waals surface area contributed by atoms with Crippen LogP contribution in [0.4, 0.5) is 4.79 Å². The summed E-state index contributed by atoms with van der Waals surface area (Å²) in [6.45, 7) is 3.71. The number of halogens is 1. The number of carbonyl (C=O) groups is 3. The zero-order valence-corrected chi connectivity index (χ0v) is 19.1. The molecule has 0 aliphatic carbocycles. The van der Waals surface area contributed by atoms with Crippen LogP contribution in [0.2, 0.25) is 5.02 Å². The van der Waals surface area contributed by atoms with Crippen LogP contribution in [-0.2, 0) is 19.1 Å². The van der Waals surface area contributed by atoms with Gasteiger partial charge >= 0.3 is 18.0 Å². The number of esters is 2. The van der Waals surface area contributed by atoms with Gasteiger partial charge in [0.15, 0.2) is 0 Å². The van der Waals surface area contributed by atoms with Crippen LogP contribution in [0.25, 0.3) is 0 Å². The summed E-state index contributed by atoms with van der Waals surface area (Å²) in [5.74, 6) is -0.0987. The number of benzene rings is 1. The highest BCUT2D eigenvalue weighted by atomic mass is 35.5. The fourth-order valence-corrected chi connectivity index (χ4v) is 3.48. The van der Waals surface area contributed by atoms with Crippen LogP contribution >= 0.6 is 11.6 Å². The Morgan fingerprint density at radius 1 is 1.21 bits per heavy atom. The quantitative estimate of drug-likeness (QED) is 0.395. The van der Waals surface area contributed by atoms with E-state index in [1.54, 1.807) is 37.3 Å². The molecule has 0 radical (unpaired) electrons. The normalized spacial score (nSPS) is 15.5. The molecule has 0 saturated heterocycles. The summed E-state index contributed by atoms with van der Waals surface area (Å²) in [6, 6.07) is 7.15. The molecular weight excluding hydrogens is 452 g/mol. The van der Waals surface area contributed by atoms with Crippen LogP contribution in [0.3, 0.4) is 0 Å². The van der Waals surface area contributed by atoms with Crippen molar-refractivity contribution in [3.8, 4) is 5.75 Å². The third-order valence-corrected chi connectivity index (χ3v) is 5.01. The van der Waals surface area contributed by atoms with Gasteiger partial charge in [0.1, 0.15) is 24.2 Å². The summed E-state index contributed by atoms with van der Waals surface area (Å²) >= 11 is 5.93. The van der Waals surface area contributed by atoms with E-state index in [0.29, 0.717) is 29.6 Å². The minimum atomic E-state index is -0.863. The average molecular weight is 477 g/mol. The minimum Gasteiger partial charge on any atom is -0.493 e. The summed E-state index contributed by atoms with van der Waals surface area (Å²) in [6.07, 6.45) is 1.95. The Balaban J connectivity index is 1.59. The van der Waals surface area contributed by atoms with Gasteiger partial charge in [0.05, 0.1) is 30.7 Å². The van der Waals surface area contributed by atoms with Gasteiger partial charge in [-0.25, -0.2) is 9.59 Å². The molecule has 1 aliphatic rings. The van der Waals surface area contributed by atoms with Crippen molar-refractivity contribution < 1.29 is 33.0 Å². The molecular formula is C23H25ClN2O7. The topological polar surface area (TPSA) is 116 Å². The molecule has 33 heavy (non-hydrogen) atoms. The molecule has 2 aromatic rings. The zero-order valence-electron chi connectivity index (χ0n) is 18.3. The molecule has 176 valence electrons. The summed E-state index contributed by atoms with van der Waals surface area (Å²) in [4.78, 5) is 36.9. The first-order valence-corrected chi connectivity index (χ1v) is 10.8. The van der Waals surface area contributed by atoms with Crippen molar-refractivity contribution in [3.05, 3.63) is 64.2 Å². The van der Waals surface area contributed by atoms with E-state index < -0.39 is 24.0 Å². The highest BCUT2D eigenvalue weighted by Crippen LogP contribution is 2.28. The van der Waals surface area contributed by atoms with E-state index in [1.165, 1.54) is 6.26 Å². The number of rotatable bonds is 10. The average Bonchev–Trinajstić information content (AvgIpc) is 3.31. The number of hydrogen-bond donors (Lipinski definition) is 2. The minimum absolute atomic E-state index is 0.0997. The lowest BCUT2D eigenvalue weighted by atomic mass is 10.0. The van der Waals surface area contributed by atoms with E-state index in [0.717, 1.165) is 5.56 Å². The van der Waals surface area contributed by atoms with Crippen molar-refractivity contribution in [3.63, 3.8) is 0 Å². The van der Waals surface area contributed by atoms with Crippen molar-refractivity contribution in [2.45, 2.75) is 32.7 Å². The Kier molecular flexibility index (Phi) is 8.37. The summed E-state index contributed by atoms with van der Waals surface area (Å²) in [5.41, 5.74) is 1.15. The van der Waals surface area contributed by atoms with Crippen LogP contribution < -0.4 is 15.4 Å². The largest absolute Gasteiger partial charge is 0.493 e. The Labute approximate surface area is 196 Å². The third kappa shape index (κ3) is 6.52.